The predicted octanol–water partition coefficient (Wildman–Crippen LogP) is 5.28. The molecule has 2 aliphatic rings. The summed E-state index contributed by atoms with van der Waals surface area (Å²) < 4.78 is 11.1. The van der Waals surface area contributed by atoms with E-state index >= 15 is 0 Å². The number of amides is 1. The van der Waals surface area contributed by atoms with Crippen molar-refractivity contribution in [2.45, 2.75) is 63.5 Å². The molecule has 11 heteroatoms. The smallest absolute Gasteiger partial charge is 0.270 e. The Kier molecular flexibility index (Phi) is 8.51. The van der Waals surface area contributed by atoms with Crippen LogP contribution in [-0.2, 0) is 12.8 Å². The first kappa shape index (κ1) is 28.1. The maximum absolute atomic E-state index is 13.3. The Bertz CT molecular complexity index is 1400. The molecule has 11 nitrogen and oxygen atoms in total. The lowest BCUT2D eigenvalue weighted by molar-refractivity contribution is -0.384. The molecule has 0 radical (unpaired) electrons. The number of anilines is 2. The van der Waals surface area contributed by atoms with Gasteiger partial charge in [-0.05, 0) is 81.7 Å². The number of benzene rings is 2. The van der Waals surface area contributed by atoms with Crippen molar-refractivity contribution in [1.29, 1.82) is 0 Å². The average Bonchev–Trinajstić information content (AvgIpc) is 2.98. The van der Waals surface area contributed by atoms with Gasteiger partial charge < -0.3 is 25.0 Å². The number of methoxy groups -OCH3 is 1. The number of fused-ring (bicyclic) bond motifs is 1. The van der Waals surface area contributed by atoms with Crippen LogP contribution in [0.2, 0.25) is 0 Å². The second-order valence-electron chi connectivity index (χ2n) is 10.8. The van der Waals surface area contributed by atoms with E-state index < -0.39 is 10.8 Å². The number of carbonyl (C=O) groups is 1. The second kappa shape index (κ2) is 12.4. The molecule has 2 aromatic carbocycles. The van der Waals surface area contributed by atoms with Crippen LogP contribution in [0.1, 0.15) is 60.1 Å². The van der Waals surface area contributed by atoms with Gasteiger partial charge in [0.05, 0.1) is 23.3 Å². The molecule has 2 N–H and O–H groups in total. The maximum Gasteiger partial charge on any atom is 0.270 e. The van der Waals surface area contributed by atoms with E-state index in [2.05, 4.69) is 15.5 Å². The van der Waals surface area contributed by atoms with Gasteiger partial charge in [0.2, 0.25) is 5.95 Å². The Hall–Kier alpha value is -4.41. The maximum atomic E-state index is 13.3. The third kappa shape index (κ3) is 6.67. The van der Waals surface area contributed by atoms with E-state index in [1.165, 1.54) is 30.2 Å². The summed E-state index contributed by atoms with van der Waals surface area (Å²) in [7, 11) is 5.61. The molecule has 2 aliphatic carbocycles. The van der Waals surface area contributed by atoms with E-state index in [4.69, 9.17) is 19.4 Å². The van der Waals surface area contributed by atoms with Gasteiger partial charge >= 0.3 is 0 Å². The Labute approximate surface area is 239 Å². The summed E-state index contributed by atoms with van der Waals surface area (Å²) in [6, 6.07) is 11.1. The predicted molar refractivity (Wildman–Crippen MR) is 156 cm³/mol. The van der Waals surface area contributed by atoms with Crippen LogP contribution in [0.15, 0.2) is 42.5 Å². The Morgan fingerprint density at radius 2 is 1.66 bits per heavy atom. The molecule has 1 heterocycles. The number of nitro groups is 1. The fourth-order valence-corrected chi connectivity index (χ4v) is 5.51. The lowest BCUT2D eigenvalue weighted by Crippen LogP contribution is -2.40. The minimum Gasteiger partial charge on any atom is -0.497 e. The van der Waals surface area contributed by atoms with Crippen LogP contribution in [-0.4, -0.2) is 54.1 Å². The highest BCUT2D eigenvalue weighted by Crippen LogP contribution is 2.32. The molecule has 1 fully saturated rings. The van der Waals surface area contributed by atoms with Crippen LogP contribution in [0.3, 0.4) is 0 Å². The van der Waals surface area contributed by atoms with Gasteiger partial charge in [-0.3, -0.25) is 14.9 Å². The molecule has 1 saturated carbocycles. The van der Waals surface area contributed by atoms with Crippen molar-refractivity contribution in [2.24, 2.45) is 0 Å². The Morgan fingerprint density at radius 1 is 0.976 bits per heavy atom. The van der Waals surface area contributed by atoms with Gasteiger partial charge in [0.15, 0.2) is 0 Å². The number of hydrogen-bond acceptors (Lipinski definition) is 9. The molecule has 5 rings (SSSR count). The third-order valence-electron chi connectivity index (χ3n) is 7.69. The van der Waals surface area contributed by atoms with Crippen molar-refractivity contribution in [3.63, 3.8) is 0 Å². The van der Waals surface area contributed by atoms with Crippen molar-refractivity contribution in [1.82, 2.24) is 15.3 Å². The zero-order chi connectivity index (χ0) is 28.9. The van der Waals surface area contributed by atoms with Crippen molar-refractivity contribution in [3.05, 3.63) is 69.4 Å². The van der Waals surface area contributed by atoms with Crippen LogP contribution >= 0.6 is 0 Å². The number of aryl methyl sites for hydroxylation is 1. The number of aromatic nitrogens is 2. The monoisotopic (exact) mass is 560 g/mol. The van der Waals surface area contributed by atoms with E-state index in [1.807, 2.05) is 14.1 Å². The molecule has 41 heavy (non-hydrogen) atoms. The molecule has 1 amide bonds. The largest absolute Gasteiger partial charge is 0.497 e. The van der Waals surface area contributed by atoms with E-state index in [1.54, 1.807) is 31.4 Å². The molecule has 0 saturated heterocycles. The van der Waals surface area contributed by atoms with Gasteiger partial charge in [-0.25, -0.2) is 4.98 Å². The van der Waals surface area contributed by atoms with Gasteiger partial charge in [-0.2, -0.15) is 4.98 Å². The fraction of sp³-hybridized carbons (Fsp3) is 0.433. The number of ether oxygens (including phenoxy) is 2. The minimum atomic E-state index is -0.519. The molecule has 1 aromatic heterocycles. The van der Waals surface area contributed by atoms with Crippen LogP contribution < -0.4 is 25.0 Å². The third-order valence-corrected chi connectivity index (χ3v) is 7.69. The van der Waals surface area contributed by atoms with Crippen LogP contribution in [0.4, 0.5) is 17.5 Å². The number of rotatable bonds is 9. The summed E-state index contributed by atoms with van der Waals surface area (Å²) in [5, 5.41) is 18.0. The van der Waals surface area contributed by atoms with Crippen LogP contribution in [0.25, 0.3) is 0 Å². The fourth-order valence-electron chi connectivity index (χ4n) is 5.51. The zero-order valence-electron chi connectivity index (χ0n) is 23.7. The Morgan fingerprint density at radius 3 is 2.34 bits per heavy atom. The van der Waals surface area contributed by atoms with Crippen molar-refractivity contribution in [3.8, 4) is 17.2 Å². The van der Waals surface area contributed by atoms with E-state index in [0.29, 0.717) is 17.4 Å². The first-order valence-corrected chi connectivity index (χ1v) is 14.1. The molecule has 0 atom stereocenters. The quantitative estimate of drug-likeness (QED) is 0.265. The Balaban J connectivity index is 1.23. The molecular formula is C30H36N6O5. The summed E-state index contributed by atoms with van der Waals surface area (Å²) in [5.74, 6) is 2.65. The number of carbonyl (C=O) groups excluding carboxylic acids is 1. The SMILES string of the molecule is COc1ccc(Oc2ccc([N+](=O)[O-])cc2C(=O)NC2CCC(Nc3nc4c(c(N(C)C)n3)CCCC4)CC2)cc1. The van der Waals surface area contributed by atoms with Crippen molar-refractivity contribution in [2.75, 3.05) is 31.4 Å². The lowest BCUT2D eigenvalue weighted by atomic mass is 9.91. The van der Waals surface area contributed by atoms with Gasteiger partial charge in [0, 0.05) is 43.9 Å². The second-order valence-corrected chi connectivity index (χ2v) is 10.8. The van der Waals surface area contributed by atoms with Gasteiger partial charge in [-0.15, -0.1) is 0 Å². The molecule has 0 bridgehead atoms. The number of nitrogens with zero attached hydrogens (tertiary/aromatic N) is 4. The molecule has 3 aromatic rings. The molecular weight excluding hydrogens is 524 g/mol. The average molecular weight is 561 g/mol. The molecule has 0 aliphatic heterocycles. The highest BCUT2D eigenvalue weighted by molar-refractivity contribution is 5.98. The zero-order valence-corrected chi connectivity index (χ0v) is 23.7. The van der Waals surface area contributed by atoms with Crippen LogP contribution in [0.5, 0.6) is 17.2 Å². The minimum absolute atomic E-state index is 0.0598. The summed E-state index contributed by atoms with van der Waals surface area (Å²) >= 11 is 0. The summed E-state index contributed by atoms with van der Waals surface area (Å²) in [4.78, 5) is 36.0. The van der Waals surface area contributed by atoms with Crippen molar-refractivity contribution >= 4 is 23.4 Å². The van der Waals surface area contributed by atoms with Gasteiger partial charge in [-0.1, -0.05) is 0 Å². The van der Waals surface area contributed by atoms with Crippen molar-refractivity contribution < 1.29 is 19.2 Å². The van der Waals surface area contributed by atoms with Crippen LogP contribution in [0, 0.1) is 10.1 Å². The number of hydrogen-bond donors (Lipinski definition) is 2. The number of nitrogens with one attached hydrogen (secondary N) is 2. The van der Waals surface area contributed by atoms with Gasteiger partial charge in [0.1, 0.15) is 23.1 Å². The topological polar surface area (TPSA) is 132 Å². The lowest BCUT2D eigenvalue weighted by Gasteiger charge is -2.30. The number of nitro benzene ring substituents is 1. The molecule has 0 unspecified atom stereocenters. The van der Waals surface area contributed by atoms with Gasteiger partial charge in [0.25, 0.3) is 11.6 Å². The first-order valence-electron chi connectivity index (χ1n) is 14.1. The molecule has 216 valence electrons. The van der Waals surface area contributed by atoms with E-state index in [0.717, 1.165) is 56.5 Å². The number of non-ortho nitro benzene ring substituents is 1. The van der Waals surface area contributed by atoms with E-state index in [9.17, 15) is 14.9 Å². The molecule has 0 spiro atoms. The standard InChI is InChI=1S/C30H36N6O5/c1-35(2)28-24-6-4-5-7-26(24)33-30(34-28)32-20-10-8-19(9-11-20)31-29(37)25-18-21(36(38)39)12-17-27(25)41-23-15-13-22(40-3)14-16-23/h12-20H,4-11H2,1-3H3,(H,31,37)(H,32,33,34). The summed E-state index contributed by atoms with van der Waals surface area (Å²) in [5.41, 5.74) is 2.35. The first-order chi connectivity index (χ1) is 19.8. The summed E-state index contributed by atoms with van der Waals surface area (Å²) in [6.45, 7) is 0. The van der Waals surface area contributed by atoms with E-state index in [-0.39, 0.29) is 29.1 Å². The summed E-state index contributed by atoms with van der Waals surface area (Å²) in [6.07, 6.45) is 7.53. The highest BCUT2D eigenvalue weighted by Gasteiger charge is 2.27. The normalized spacial score (nSPS) is 18.1. The highest BCUT2D eigenvalue weighted by atomic mass is 16.6.